The Labute approximate surface area is 169 Å². The van der Waals surface area contributed by atoms with Crippen LogP contribution in [0.15, 0.2) is 84.0 Å². The lowest BCUT2D eigenvalue weighted by Gasteiger charge is -2.06. The summed E-state index contributed by atoms with van der Waals surface area (Å²) in [6.45, 7) is 12.8. The van der Waals surface area contributed by atoms with E-state index in [1.54, 1.807) is 0 Å². The van der Waals surface area contributed by atoms with Crippen LogP contribution in [0.2, 0.25) is 0 Å². The molecule has 0 saturated heterocycles. The lowest BCUT2D eigenvalue weighted by molar-refractivity contribution is 1.01. The van der Waals surface area contributed by atoms with Gasteiger partial charge in [-0.1, -0.05) is 60.4 Å². The zero-order chi connectivity index (χ0) is 19.7. The van der Waals surface area contributed by atoms with Gasteiger partial charge in [-0.05, 0) is 97.2 Å². The van der Waals surface area contributed by atoms with Crippen LogP contribution in [0.25, 0.3) is 11.1 Å². The molecule has 2 aliphatic carbocycles. The van der Waals surface area contributed by atoms with Crippen LogP contribution in [0.3, 0.4) is 0 Å². The van der Waals surface area contributed by atoms with Crippen LogP contribution in [0.4, 0.5) is 0 Å². The fraction of sp³-hybridized carbons (Fsp3) is 0.214. The van der Waals surface area contributed by atoms with E-state index in [0.29, 0.717) is 0 Å². The van der Waals surface area contributed by atoms with E-state index in [9.17, 15) is 0 Å². The highest BCUT2D eigenvalue weighted by molar-refractivity contribution is 5.84. The van der Waals surface area contributed by atoms with Gasteiger partial charge >= 0.3 is 0 Å². The molecule has 0 heteroatoms. The molecule has 0 spiro atoms. The quantitative estimate of drug-likeness (QED) is 0.490. The third kappa shape index (κ3) is 3.54. The molecule has 0 saturated carbocycles. The van der Waals surface area contributed by atoms with Crippen molar-refractivity contribution in [3.8, 4) is 11.8 Å². The molecule has 2 aromatic rings. The average molecular weight is 363 g/mol. The summed E-state index contributed by atoms with van der Waals surface area (Å²) in [5.74, 6) is 6.58. The minimum absolute atomic E-state index is 1.04. The third-order valence-electron chi connectivity index (χ3n) is 5.86. The number of allylic oxidation sites excluding steroid dienone is 6. The molecule has 28 heavy (non-hydrogen) atoms. The van der Waals surface area contributed by atoms with Crippen LogP contribution in [0, 0.1) is 11.8 Å². The summed E-state index contributed by atoms with van der Waals surface area (Å²) in [5, 5.41) is 0. The van der Waals surface area contributed by atoms with Gasteiger partial charge in [0.25, 0.3) is 0 Å². The predicted molar refractivity (Wildman–Crippen MR) is 121 cm³/mol. The molecule has 2 aliphatic rings. The average Bonchev–Trinajstić information content (AvgIpc) is 3.22. The molecule has 0 bridgehead atoms. The van der Waals surface area contributed by atoms with Crippen molar-refractivity contribution in [1.29, 1.82) is 0 Å². The molecule has 4 rings (SSSR count). The van der Waals surface area contributed by atoms with Gasteiger partial charge in [-0.3, -0.25) is 0 Å². The highest BCUT2D eigenvalue weighted by atomic mass is 14.2. The maximum Gasteiger partial charge on any atom is 0.0249 e. The molecule has 0 aliphatic heterocycles. The van der Waals surface area contributed by atoms with Crippen molar-refractivity contribution in [2.75, 3.05) is 0 Å². The molecule has 0 N–H and O–H groups in total. The molecule has 138 valence electrons. The molecule has 0 fully saturated rings. The third-order valence-corrected chi connectivity index (χ3v) is 5.86. The Morgan fingerprint density at radius 1 is 0.571 bits per heavy atom. The van der Waals surface area contributed by atoms with Crippen LogP contribution in [-0.2, 0) is 0 Å². The second-order valence-electron chi connectivity index (χ2n) is 7.92. The Morgan fingerprint density at radius 3 is 1.21 bits per heavy atom. The maximum absolute atomic E-state index is 4.21. The molecular weight excluding hydrogens is 336 g/mol. The fourth-order valence-electron chi connectivity index (χ4n) is 4.27. The Kier molecular flexibility index (Phi) is 4.93. The van der Waals surface area contributed by atoms with Crippen molar-refractivity contribution in [3.63, 3.8) is 0 Å². The van der Waals surface area contributed by atoms with E-state index in [0.717, 1.165) is 36.8 Å². The second kappa shape index (κ2) is 7.53. The normalized spacial score (nSPS) is 16.6. The van der Waals surface area contributed by atoms with Crippen LogP contribution in [-0.4, -0.2) is 0 Å². The summed E-state index contributed by atoms with van der Waals surface area (Å²) in [5.41, 5.74) is 12.7. The predicted octanol–water partition coefficient (Wildman–Crippen LogP) is 7.33. The van der Waals surface area contributed by atoms with Crippen molar-refractivity contribution >= 4 is 11.1 Å². The van der Waals surface area contributed by atoms with Gasteiger partial charge in [0.2, 0.25) is 0 Å². The SMILES string of the molecule is C=C1CCC(C)=C1c1ccc(C#Cc2ccc(C3=C(C)CCC3=C)cc2)cc1. The van der Waals surface area contributed by atoms with Gasteiger partial charge in [-0.15, -0.1) is 0 Å². The first-order valence-corrected chi connectivity index (χ1v) is 10.0. The van der Waals surface area contributed by atoms with Crippen LogP contribution in [0.1, 0.15) is 61.8 Å². The van der Waals surface area contributed by atoms with E-state index in [1.165, 1.54) is 44.6 Å². The first-order valence-electron chi connectivity index (χ1n) is 10.0. The van der Waals surface area contributed by atoms with Crippen molar-refractivity contribution < 1.29 is 0 Å². The fourth-order valence-corrected chi connectivity index (χ4v) is 4.27. The standard InChI is InChI=1S/C28H26/c1-19-5-6-20(2)27(19)25-15-11-23(12-16-25)9-10-24-13-17-26(18-14-24)28-21(3)7-8-22(28)4/h11-18H,1,3,5-8H2,2,4H3. The molecule has 0 radical (unpaired) electrons. The first-order chi connectivity index (χ1) is 13.5. The lowest BCUT2D eigenvalue weighted by Crippen LogP contribution is -1.87. The summed E-state index contributed by atoms with van der Waals surface area (Å²) in [6, 6.07) is 17.1. The zero-order valence-corrected chi connectivity index (χ0v) is 16.9. The monoisotopic (exact) mass is 362 g/mol. The van der Waals surface area contributed by atoms with Crippen LogP contribution in [0.5, 0.6) is 0 Å². The highest BCUT2D eigenvalue weighted by Crippen LogP contribution is 2.38. The van der Waals surface area contributed by atoms with Crippen molar-refractivity contribution in [3.05, 3.63) is 106 Å². The Morgan fingerprint density at radius 2 is 0.929 bits per heavy atom. The van der Waals surface area contributed by atoms with Crippen LogP contribution < -0.4 is 0 Å². The number of hydrogen-bond donors (Lipinski definition) is 0. The zero-order valence-electron chi connectivity index (χ0n) is 16.9. The minimum atomic E-state index is 1.04. The van der Waals surface area contributed by atoms with Crippen molar-refractivity contribution in [2.45, 2.75) is 39.5 Å². The molecule has 0 amide bonds. The van der Waals surface area contributed by atoms with Crippen LogP contribution >= 0.6 is 0 Å². The molecule has 0 unspecified atom stereocenters. The first kappa shape index (κ1) is 18.3. The summed E-state index contributed by atoms with van der Waals surface area (Å²) in [7, 11) is 0. The van der Waals surface area contributed by atoms with E-state index in [-0.39, 0.29) is 0 Å². The highest BCUT2D eigenvalue weighted by Gasteiger charge is 2.17. The van der Waals surface area contributed by atoms with Gasteiger partial charge in [0.05, 0.1) is 0 Å². The van der Waals surface area contributed by atoms with Gasteiger partial charge < -0.3 is 0 Å². The molecular formula is C28H26. The van der Waals surface area contributed by atoms with E-state index in [2.05, 4.69) is 87.4 Å². The van der Waals surface area contributed by atoms with E-state index in [1.807, 2.05) is 0 Å². The number of benzene rings is 2. The summed E-state index contributed by atoms with van der Waals surface area (Å²) in [4.78, 5) is 0. The smallest absolute Gasteiger partial charge is 0.0249 e. The van der Waals surface area contributed by atoms with Gasteiger partial charge in [0, 0.05) is 11.1 Å². The Balaban J connectivity index is 1.52. The lowest BCUT2D eigenvalue weighted by atomic mass is 9.98. The summed E-state index contributed by atoms with van der Waals surface area (Å²) in [6.07, 6.45) is 4.44. The van der Waals surface area contributed by atoms with Crippen molar-refractivity contribution in [2.24, 2.45) is 0 Å². The second-order valence-corrected chi connectivity index (χ2v) is 7.92. The molecule has 2 aromatic carbocycles. The molecule has 0 aromatic heterocycles. The number of rotatable bonds is 2. The van der Waals surface area contributed by atoms with Gasteiger partial charge in [-0.25, -0.2) is 0 Å². The van der Waals surface area contributed by atoms with Gasteiger partial charge in [0.1, 0.15) is 0 Å². The largest absolute Gasteiger partial charge is 0.0952 e. The summed E-state index contributed by atoms with van der Waals surface area (Å²) >= 11 is 0. The molecule has 0 atom stereocenters. The summed E-state index contributed by atoms with van der Waals surface area (Å²) < 4.78 is 0. The molecule has 0 heterocycles. The molecule has 0 nitrogen and oxygen atoms in total. The topological polar surface area (TPSA) is 0 Å². The maximum atomic E-state index is 4.21. The Bertz CT molecular complexity index is 984. The van der Waals surface area contributed by atoms with E-state index < -0.39 is 0 Å². The van der Waals surface area contributed by atoms with Gasteiger partial charge in [0.15, 0.2) is 0 Å². The van der Waals surface area contributed by atoms with E-state index in [4.69, 9.17) is 0 Å². The number of hydrogen-bond acceptors (Lipinski definition) is 0. The minimum Gasteiger partial charge on any atom is -0.0952 e. The Hall–Kier alpha value is -3.04. The van der Waals surface area contributed by atoms with Crippen molar-refractivity contribution in [1.82, 2.24) is 0 Å². The van der Waals surface area contributed by atoms with Gasteiger partial charge in [-0.2, -0.15) is 0 Å². The van der Waals surface area contributed by atoms with E-state index >= 15 is 0 Å².